The molecule has 4 rings (SSSR count). The molecule has 124 valence electrons. The van der Waals surface area contributed by atoms with E-state index in [0.29, 0.717) is 11.6 Å². The van der Waals surface area contributed by atoms with E-state index in [-0.39, 0.29) is 0 Å². The Bertz CT molecular complexity index is 1090. The number of rotatable bonds is 4. The van der Waals surface area contributed by atoms with Gasteiger partial charge in [-0.2, -0.15) is 10.1 Å². The number of aryl methyl sites for hydroxylation is 1. The van der Waals surface area contributed by atoms with Gasteiger partial charge < -0.3 is 9.40 Å². The van der Waals surface area contributed by atoms with Crippen molar-refractivity contribution in [3.8, 4) is 0 Å². The van der Waals surface area contributed by atoms with Gasteiger partial charge in [0.2, 0.25) is 0 Å². The highest BCUT2D eigenvalue weighted by Crippen LogP contribution is 2.23. The Morgan fingerprint density at radius 2 is 2.20 bits per heavy atom. The predicted octanol–water partition coefficient (Wildman–Crippen LogP) is 3.91. The zero-order valence-electron chi connectivity index (χ0n) is 13.8. The molecule has 2 N–H and O–H groups in total. The van der Waals surface area contributed by atoms with E-state index in [2.05, 4.69) is 36.8 Å². The number of hydrazone groups is 1. The van der Waals surface area contributed by atoms with Crippen LogP contribution < -0.4 is 5.43 Å². The molecule has 0 unspecified atom stereocenters. The van der Waals surface area contributed by atoms with Crippen molar-refractivity contribution in [2.24, 2.45) is 5.10 Å². The SMILES string of the molecule is CC(C=NNc1nnc2c(n1)[nH]c1ccc(C)cc12)=Cc1ccco1. The Morgan fingerprint density at radius 3 is 3.04 bits per heavy atom. The maximum atomic E-state index is 5.26. The topological polar surface area (TPSA) is 92.0 Å². The maximum Gasteiger partial charge on any atom is 0.265 e. The molecule has 0 amide bonds. The van der Waals surface area contributed by atoms with E-state index >= 15 is 0 Å². The molecule has 0 radical (unpaired) electrons. The van der Waals surface area contributed by atoms with Crippen molar-refractivity contribution < 1.29 is 4.42 Å². The average Bonchev–Trinajstić information content (AvgIpc) is 3.21. The van der Waals surface area contributed by atoms with Crippen molar-refractivity contribution in [3.05, 3.63) is 53.5 Å². The highest BCUT2D eigenvalue weighted by atomic mass is 16.3. The number of nitrogens with zero attached hydrogens (tertiary/aromatic N) is 4. The summed E-state index contributed by atoms with van der Waals surface area (Å²) in [4.78, 5) is 7.67. The van der Waals surface area contributed by atoms with Gasteiger partial charge in [0.05, 0.1) is 12.5 Å². The Balaban J connectivity index is 1.56. The minimum Gasteiger partial charge on any atom is -0.465 e. The molecular weight excluding hydrogens is 316 g/mol. The van der Waals surface area contributed by atoms with Crippen molar-refractivity contribution in [1.82, 2.24) is 20.2 Å². The van der Waals surface area contributed by atoms with Gasteiger partial charge in [-0.15, -0.1) is 10.2 Å². The van der Waals surface area contributed by atoms with Crippen molar-refractivity contribution in [1.29, 1.82) is 0 Å². The fourth-order valence-electron chi connectivity index (χ4n) is 2.56. The molecule has 0 atom stereocenters. The van der Waals surface area contributed by atoms with Crippen molar-refractivity contribution in [2.75, 3.05) is 5.43 Å². The molecule has 4 aromatic rings. The van der Waals surface area contributed by atoms with Crippen LogP contribution in [0.5, 0.6) is 0 Å². The van der Waals surface area contributed by atoms with Crippen LogP contribution in [0.25, 0.3) is 28.1 Å². The first-order valence-electron chi connectivity index (χ1n) is 7.83. The number of allylic oxidation sites excluding steroid dienone is 1. The summed E-state index contributed by atoms with van der Waals surface area (Å²) >= 11 is 0. The fraction of sp³-hybridized carbons (Fsp3) is 0.111. The first kappa shape index (κ1) is 15.1. The lowest BCUT2D eigenvalue weighted by atomic mass is 10.2. The summed E-state index contributed by atoms with van der Waals surface area (Å²) in [5.41, 5.74) is 7.31. The fourth-order valence-corrected chi connectivity index (χ4v) is 2.56. The first-order chi connectivity index (χ1) is 12.2. The predicted molar refractivity (Wildman–Crippen MR) is 98.4 cm³/mol. The lowest BCUT2D eigenvalue weighted by Gasteiger charge is -1.97. The van der Waals surface area contributed by atoms with Gasteiger partial charge in [0, 0.05) is 10.9 Å². The zero-order valence-corrected chi connectivity index (χ0v) is 13.8. The third-order valence-electron chi connectivity index (χ3n) is 3.72. The van der Waals surface area contributed by atoms with Gasteiger partial charge in [0.15, 0.2) is 5.65 Å². The molecule has 0 aliphatic carbocycles. The van der Waals surface area contributed by atoms with Crippen LogP contribution >= 0.6 is 0 Å². The number of anilines is 1. The number of hydrogen-bond donors (Lipinski definition) is 2. The number of furan rings is 1. The van der Waals surface area contributed by atoms with Gasteiger partial charge in [-0.3, -0.25) is 0 Å². The molecule has 0 aliphatic rings. The molecule has 7 nitrogen and oxygen atoms in total. The lowest BCUT2D eigenvalue weighted by Crippen LogP contribution is -1.98. The Morgan fingerprint density at radius 1 is 1.28 bits per heavy atom. The third-order valence-corrected chi connectivity index (χ3v) is 3.72. The standard InChI is InChI=1S/C18H16N6O/c1-11-5-6-15-14(9-11)16-17(20-15)21-18(24-22-16)23-19-10-12(2)8-13-4-3-7-25-13/h3-10H,1-2H3,(H2,20,21,23,24). The number of fused-ring (bicyclic) bond motifs is 3. The minimum atomic E-state index is 0.331. The highest BCUT2D eigenvalue weighted by molar-refractivity contribution is 6.03. The van der Waals surface area contributed by atoms with E-state index < -0.39 is 0 Å². The molecule has 3 aromatic heterocycles. The minimum absolute atomic E-state index is 0.331. The van der Waals surface area contributed by atoms with Crippen LogP contribution in [0.2, 0.25) is 0 Å². The van der Waals surface area contributed by atoms with Crippen LogP contribution in [0.4, 0.5) is 5.95 Å². The Kier molecular flexibility index (Phi) is 3.74. The second-order valence-electron chi connectivity index (χ2n) is 5.78. The summed E-state index contributed by atoms with van der Waals surface area (Å²) in [6.07, 6.45) is 5.18. The highest BCUT2D eigenvalue weighted by Gasteiger charge is 2.08. The van der Waals surface area contributed by atoms with Gasteiger partial charge in [-0.05, 0) is 49.8 Å². The Labute approximate surface area is 143 Å². The number of aromatic amines is 1. The third kappa shape index (κ3) is 3.12. The molecule has 0 fully saturated rings. The largest absolute Gasteiger partial charge is 0.465 e. The monoisotopic (exact) mass is 332 g/mol. The average molecular weight is 332 g/mol. The molecule has 7 heteroatoms. The summed E-state index contributed by atoms with van der Waals surface area (Å²) in [7, 11) is 0. The normalized spacial score (nSPS) is 12.5. The second kappa shape index (κ2) is 6.20. The van der Waals surface area contributed by atoms with Gasteiger partial charge in [-0.1, -0.05) is 11.6 Å². The smallest absolute Gasteiger partial charge is 0.265 e. The Hall–Kier alpha value is -3.48. The van der Waals surface area contributed by atoms with Crippen LogP contribution in [0.3, 0.4) is 0 Å². The molecule has 25 heavy (non-hydrogen) atoms. The van der Waals surface area contributed by atoms with Gasteiger partial charge in [0.25, 0.3) is 5.95 Å². The van der Waals surface area contributed by atoms with Crippen LogP contribution in [0.1, 0.15) is 18.2 Å². The molecule has 0 saturated carbocycles. The van der Waals surface area contributed by atoms with Crippen LogP contribution in [0.15, 0.2) is 51.7 Å². The summed E-state index contributed by atoms with van der Waals surface area (Å²) < 4.78 is 5.26. The molecule has 1 aromatic carbocycles. The number of hydrogen-bond acceptors (Lipinski definition) is 6. The first-order valence-corrected chi connectivity index (χ1v) is 7.83. The number of aromatic nitrogens is 4. The van der Waals surface area contributed by atoms with Crippen molar-refractivity contribution >= 4 is 40.3 Å². The van der Waals surface area contributed by atoms with Gasteiger partial charge >= 0.3 is 0 Å². The molecular formula is C18H16N6O. The van der Waals surface area contributed by atoms with Crippen LogP contribution in [-0.2, 0) is 0 Å². The lowest BCUT2D eigenvalue weighted by molar-refractivity contribution is 0.557. The van der Waals surface area contributed by atoms with E-state index in [0.717, 1.165) is 27.8 Å². The quantitative estimate of drug-likeness (QED) is 0.437. The second-order valence-corrected chi connectivity index (χ2v) is 5.78. The molecule has 0 spiro atoms. The van der Waals surface area contributed by atoms with Crippen molar-refractivity contribution in [2.45, 2.75) is 13.8 Å². The molecule has 0 bridgehead atoms. The van der Waals surface area contributed by atoms with E-state index in [1.807, 2.05) is 44.2 Å². The molecule has 3 heterocycles. The molecule has 0 saturated heterocycles. The van der Waals surface area contributed by atoms with E-state index in [1.54, 1.807) is 12.5 Å². The van der Waals surface area contributed by atoms with Crippen molar-refractivity contribution in [3.63, 3.8) is 0 Å². The van der Waals surface area contributed by atoms with Crippen LogP contribution in [-0.4, -0.2) is 26.4 Å². The maximum absolute atomic E-state index is 5.26. The number of H-pyrrole nitrogens is 1. The van der Waals surface area contributed by atoms with E-state index in [4.69, 9.17) is 4.42 Å². The molecule has 0 aliphatic heterocycles. The zero-order chi connectivity index (χ0) is 17.2. The van der Waals surface area contributed by atoms with E-state index in [9.17, 15) is 0 Å². The van der Waals surface area contributed by atoms with Gasteiger partial charge in [0.1, 0.15) is 11.3 Å². The van der Waals surface area contributed by atoms with Gasteiger partial charge in [-0.25, -0.2) is 5.43 Å². The summed E-state index contributed by atoms with van der Waals surface area (Å²) in [5, 5.41) is 13.5. The van der Waals surface area contributed by atoms with E-state index in [1.165, 1.54) is 5.56 Å². The summed E-state index contributed by atoms with van der Waals surface area (Å²) in [5.74, 6) is 1.11. The van der Waals surface area contributed by atoms with Crippen LogP contribution in [0, 0.1) is 6.92 Å². The summed E-state index contributed by atoms with van der Waals surface area (Å²) in [6, 6.07) is 9.85. The summed E-state index contributed by atoms with van der Waals surface area (Å²) in [6.45, 7) is 3.97. The number of nitrogens with one attached hydrogen (secondary N) is 2. The number of benzene rings is 1.